The van der Waals surface area contributed by atoms with E-state index in [2.05, 4.69) is 23.2 Å². The van der Waals surface area contributed by atoms with Gasteiger partial charge in [-0.2, -0.15) is 5.10 Å². The zero-order valence-corrected chi connectivity index (χ0v) is 16.4. The van der Waals surface area contributed by atoms with Crippen molar-refractivity contribution in [3.63, 3.8) is 0 Å². The zero-order chi connectivity index (χ0) is 19.8. The largest absolute Gasteiger partial charge is 0.496 e. The second-order valence-electron chi connectivity index (χ2n) is 7.10. The predicted octanol–water partition coefficient (Wildman–Crippen LogP) is 4.95. The second kappa shape index (κ2) is 7.17. The summed E-state index contributed by atoms with van der Waals surface area (Å²) in [7, 11) is 3.35. The van der Waals surface area contributed by atoms with Crippen LogP contribution in [0.25, 0.3) is 0 Å². The number of hydrogen-bond donors (Lipinski definition) is 0. The maximum absolute atomic E-state index is 6.49. The lowest BCUT2D eigenvalue weighted by Gasteiger charge is -2.39. The average Bonchev–Trinajstić information content (AvgIpc) is 3.24. The van der Waals surface area contributed by atoms with Crippen molar-refractivity contribution in [2.45, 2.75) is 18.7 Å². The molecule has 5 nitrogen and oxygen atoms in total. The van der Waals surface area contributed by atoms with Crippen LogP contribution in [-0.2, 0) is 0 Å². The third-order valence-corrected chi connectivity index (χ3v) is 5.51. The molecule has 0 radical (unpaired) electrons. The third-order valence-electron chi connectivity index (χ3n) is 5.51. The molecule has 0 aromatic heterocycles. The Morgan fingerprint density at radius 2 is 1.52 bits per heavy atom. The van der Waals surface area contributed by atoms with Gasteiger partial charge in [-0.3, -0.25) is 0 Å². The van der Waals surface area contributed by atoms with E-state index in [0.717, 1.165) is 46.1 Å². The van der Waals surface area contributed by atoms with Crippen LogP contribution in [0.1, 0.15) is 35.4 Å². The fraction of sp³-hybridized carbons (Fsp3) is 0.208. The minimum Gasteiger partial charge on any atom is -0.496 e. The molecule has 5 heteroatoms. The molecule has 0 saturated heterocycles. The second-order valence-corrected chi connectivity index (χ2v) is 7.10. The Labute approximate surface area is 170 Å². The van der Waals surface area contributed by atoms with E-state index in [1.807, 2.05) is 54.6 Å². The van der Waals surface area contributed by atoms with Gasteiger partial charge in [0.05, 0.1) is 31.5 Å². The molecule has 3 aromatic rings. The highest BCUT2D eigenvalue weighted by Crippen LogP contribution is 2.51. The minimum absolute atomic E-state index is 0.0685. The van der Waals surface area contributed by atoms with Gasteiger partial charge in [-0.25, -0.2) is 5.01 Å². The standard InChI is InChI=1S/C24H22N2O3/c1-27-21-13-7-6-11-18(21)24-26-20(15-19(25-26)16-9-4-3-5-10-16)17-12-8-14-22(28-2)23(17)29-24/h3-14,20,24H,15H2,1-2H3. The molecule has 0 aliphatic carbocycles. The van der Waals surface area contributed by atoms with Gasteiger partial charge in [0.25, 0.3) is 0 Å². The molecule has 3 aromatic carbocycles. The van der Waals surface area contributed by atoms with E-state index in [4.69, 9.17) is 19.3 Å². The van der Waals surface area contributed by atoms with Crippen LogP contribution in [0.4, 0.5) is 0 Å². The number of hydrazone groups is 1. The zero-order valence-electron chi connectivity index (χ0n) is 16.4. The summed E-state index contributed by atoms with van der Waals surface area (Å²) in [6, 6.07) is 24.3. The Kier molecular flexibility index (Phi) is 4.35. The van der Waals surface area contributed by atoms with E-state index in [1.54, 1.807) is 14.2 Å². The molecule has 5 rings (SSSR count). The number of hydrogen-bond acceptors (Lipinski definition) is 5. The van der Waals surface area contributed by atoms with Crippen LogP contribution in [0, 0.1) is 0 Å². The summed E-state index contributed by atoms with van der Waals surface area (Å²) in [5, 5.41) is 7.05. The average molecular weight is 386 g/mol. The van der Waals surface area contributed by atoms with Crippen LogP contribution in [0.3, 0.4) is 0 Å². The number of rotatable bonds is 4. The first-order valence-corrected chi connectivity index (χ1v) is 9.68. The molecule has 0 N–H and O–H groups in total. The van der Waals surface area contributed by atoms with Crippen LogP contribution in [-0.4, -0.2) is 24.9 Å². The van der Waals surface area contributed by atoms with E-state index >= 15 is 0 Å². The van der Waals surface area contributed by atoms with Crippen molar-refractivity contribution in [2.75, 3.05) is 14.2 Å². The minimum atomic E-state index is -0.402. The summed E-state index contributed by atoms with van der Waals surface area (Å²) in [6.45, 7) is 0. The third kappa shape index (κ3) is 2.90. The molecule has 2 unspecified atom stereocenters. The number of fused-ring (bicyclic) bond motifs is 3. The molecular formula is C24H22N2O3. The quantitative estimate of drug-likeness (QED) is 0.637. The highest BCUT2D eigenvalue weighted by atomic mass is 16.5. The maximum Gasteiger partial charge on any atom is 0.217 e. The number of benzene rings is 3. The Balaban J connectivity index is 1.65. The monoisotopic (exact) mass is 386 g/mol. The highest BCUT2D eigenvalue weighted by Gasteiger charge is 2.42. The van der Waals surface area contributed by atoms with Crippen LogP contribution >= 0.6 is 0 Å². The molecule has 29 heavy (non-hydrogen) atoms. The Morgan fingerprint density at radius 1 is 0.828 bits per heavy atom. The lowest BCUT2D eigenvalue weighted by molar-refractivity contribution is -0.0221. The van der Waals surface area contributed by atoms with E-state index in [-0.39, 0.29) is 6.04 Å². The lowest BCUT2D eigenvalue weighted by atomic mass is 9.95. The number of nitrogens with zero attached hydrogens (tertiary/aromatic N) is 2. The van der Waals surface area contributed by atoms with Gasteiger partial charge in [-0.15, -0.1) is 0 Å². The molecule has 2 heterocycles. The molecule has 0 bridgehead atoms. The van der Waals surface area contributed by atoms with E-state index < -0.39 is 6.23 Å². The molecule has 0 amide bonds. The summed E-state index contributed by atoms with van der Waals surface area (Å²) in [4.78, 5) is 0. The Bertz CT molecular complexity index is 1060. The van der Waals surface area contributed by atoms with Gasteiger partial charge in [0, 0.05) is 12.0 Å². The van der Waals surface area contributed by atoms with Crippen LogP contribution in [0.15, 0.2) is 77.9 Å². The molecule has 2 atom stereocenters. The van der Waals surface area contributed by atoms with Crippen molar-refractivity contribution in [1.29, 1.82) is 0 Å². The summed E-state index contributed by atoms with van der Waals surface area (Å²) in [5.74, 6) is 2.28. The summed E-state index contributed by atoms with van der Waals surface area (Å²) < 4.78 is 17.7. The van der Waals surface area contributed by atoms with Gasteiger partial charge >= 0.3 is 0 Å². The fourth-order valence-electron chi connectivity index (χ4n) is 4.13. The maximum atomic E-state index is 6.49. The van der Waals surface area contributed by atoms with Gasteiger partial charge in [-0.05, 0) is 23.8 Å². The first-order valence-electron chi connectivity index (χ1n) is 9.68. The van der Waals surface area contributed by atoms with E-state index in [1.165, 1.54) is 0 Å². The van der Waals surface area contributed by atoms with Gasteiger partial charge in [0.1, 0.15) is 5.75 Å². The van der Waals surface area contributed by atoms with Crippen LogP contribution in [0.2, 0.25) is 0 Å². The van der Waals surface area contributed by atoms with Crippen molar-refractivity contribution in [1.82, 2.24) is 5.01 Å². The smallest absolute Gasteiger partial charge is 0.217 e. The summed E-state index contributed by atoms with van der Waals surface area (Å²) in [5.41, 5.74) is 4.21. The summed E-state index contributed by atoms with van der Waals surface area (Å²) >= 11 is 0. The van der Waals surface area contributed by atoms with E-state index in [0.29, 0.717) is 0 Å². The van der Waals surface area contributed by atoms with Crippen molar-refractivity contribution < 1.29 is 14.2 Å². The highest BCUT2D eigenvalue weighted by molar-refractivity contribution is 6.01. The predicted molar refractivity (Wildman–Crippen MR) is 112 cm³/mol. The van der Waals surface area contributed by atoms with Gasteiger partial charge in [0.15, 0.2) is 11.5 Å². The summed E-state index contributed by atoms with van der Waals surface area (Å²) in [6.07, 6.45) is 0.403. The van der Waals surface area contributed by atoms with Crippen molar-refractivity contribution in [3.8, 4) is 17.2 Å². The van der Waals surface area contributed by atoms with Gasteiger partial charge < -0.3 is 14.2 Å². The molecule has 146 valence electrons. The lowest BCUT2D eigenvalue weighted by Crippen LogP contribution is -2.34. The van der Waals surface area contributed by atoms with Crippen LogP contribution in [0.5, 0.6) is 17.2 Å². The van der Waals surface area contributed by atoms with Crippen molar-refractivity contribution >= 4 is 5.71 Å². The molecule has 2 aliphatic rings. The topological polar surface area (TPSA) is 43.3 Å². The molecular weight excluding hydrogens is 364 g/mol. The molecule has 0 fully saturated rings. The number of methoxy groups -OCH3 is 2. The van der Waals surface area contributed by atoms with E-state index in [9.17, 15) is 0 Å². The normalized spacial score (nSPS) is 19.7. The Morgan fingerprint density at radius 3 is 2.31 bits per heavy atom. The molecule has 2 aliphatic heterocycles. The number of para-hydroxylation sites is 2. The van der Waals surface area contributed by atoms with Crippen molar-refractivity contribution in [3.05, 3.63) is 89.5 Å². The first-order chi connectivity index (χ1) is 14.3. The molecule has 0 spiro atoms. The van der Waals surface area contributed by atoms with Crippen LogP contribution < -0.4 is 14.2 Å². The van der Waals surface area contributed by atoms with Gasteiger partial charge in [-0.1, -0.05) is 54.6 Å². The van der Waals surface area contributed by atoms with Gasteiger partial charge in [0.2, 0.25) is 6.23 Å². The fourth-order valence-corrected chi connectivity index (χ4v) is 4.13. The Hall–Kier alpha value is -3.47. The first kappa shape index (κ1) is 17.6. The number of ether oxygens (including phenoxy) is 3. The SMILES string of the molecule is COc1ccccc1C1Oc2c(OC)cccc2C2CC(c3ccccc3)=NN21. The van der Waals surface area contributed by atoms with Crippen molar-refractivity contribution in [2.24, 2.45) is 5.10 Å². The molecule has 0 saturated carbocycles.